The van der Waals surface area contributed by atoms with E-state index < -0.39 is 10.0 Å². The van der Waals surface area contributed by atoms with Crippen LogP contribution in [0.5, 0.6) is 0 Å². The van der Waals surface area contributed by atoms with E-state index in [1.165, 1.54) is 12.8 Å². The van der Waals surface area contributed by atoms with E-state index >= 15 is 0 Å². The zero-order valence-corrected chi connectivity index (χ0v) is 13.1. The summed E-state index contributed by atoms with van der Waals surface area (Å²) in [7, 11) is -2.98. The van der Waals surface area contributed by atoms with Gasteiger partial charge in [-0.25, -0.2) is 12.7 Å². The molecule has 6 heteroatoms. The molecule has 1 saturated carbocycles. The fourth-order valence-corrected chi connectivity index (χ4v) is 5.08. The van der Waals surface area contributed by atoms with Crippen LogP contribution in [0, 0.1) is 11.3 Å². The summed E-state index contributed by atoms with van der Waals surface area (Å²) in [5.74, 6) is 1.08. The molecule has 0 aromatic rings. The Morgan fingerprint density at radius 1 is 1.16 bits per heavy atom. The van der Waals surface area contributed by atoms with Crippen LogP contribution < -0.4 is 5.32 Å². The predicted octanol–water partition coefficient (Wildman–Crippen LogP) is 1.61. The normalized spacial score (nSPS) is 27.4. The van der Waals surface area contributed by atoms with Gasteiger partial charge in [-0.2, -0.15) is 0 Å². The number of hydrogen-bond acceptors (Lipinski definition) is 3. The third-order valence-corrected chi connectivity index (χ3v) is 6.79. The molecule has 2 aliphatic heterocycles. The number of nitrogens with zero attached hydrogens (tertiary/aromatic N) is 1. The average Bonchev–Trinajstić information content (AvgIpc) is 3.10. The number of hydrogen-bond donors (Lipinski definition) is 1. The van der Waals surface area contributed by atoms with Crippen molar-refractivity contribution in [2.75, 3.05) is 31.9 Å². The topological polar surface area (TPSA) is 49.4 Å². The third kappa shape index (κ3) is 3.63. The molecule has 0 atom stereocenters. The van der Waals surface area contributed by atoms with Gasteiger partial charge >= 0.3 is 0 Å². The average molecular weight is 309 g/mol. The van der Waals surface area contributed by atoms with Crippen LogP contribution in [0.3, 0.4) is 0 Å². The molecule has 19 heavy (non-hydrogen) atoms. The molecule has 0 amide bonds. The number of piperidine rings is 1. The summed E-state index contributed by atoms with van der Waals surface area (Å²) in [6.07, 6.45) is 6.71. The molecule has 3 rings (SSSR count). The van der Waals surface area contributed by atoms with Crippen molar-refractivity contribution < 1.29 is 8.42 Å². The van der Waals surface area contributed by atoms with Crippen LogP contribution in [0.1, 0.15) is 38.5 Å². The number of sulfonamides is 1. The first-order chi connectivity index (χ1) is 8.60. The van der Waals surface area contributed by atoms with Gasteiger partial charge in [-0.05, 0) is 50.1 Å². The van der Waals surface area contributed by atoms with E-state index in [-0.39, 0.29) is 17.8 Å². The van der Waals surface area contributed by atoms with E-state index in [0.717, 1.165) is 51.9 Å². The van der Waals surface area contributed by atoms with Crippen molar-refractivity contribution in [2.24, 2.45) is 11.3 Å². The molecular formula is C13H25ClN2O2S. The molecule has 0 bridgehead atoms. The maximum Gasteiger partial charge on any atom is 0.214 e. The van der Waals surface area contributed by atoms with Crippen LogP contribution in [0.25, 0.3) is 0 Å². The van der Waals surface area contributed by atoms with Gasteiger partial charge in [0.1, 0.15) is 0 Å². The fraction of sp³-hybridized carbons (Fsp3) is 1.00. The van der Waals surface area contributed by atoms with Crippen molar-refractivity contribution in [1.29, 1.82) is 0 Å². The van der Waals surface area contributed by atoms with E-state index in [1.54, 1.807) is 4.31 Å². The molecule has 4 nitrogen and oxygen atoms in total. The van der Waals surface area contributed by atoms with Gasteiger partial charge in [0.05, 0.1) is 5.75 Å². The zero-order chi connectivity index (χ0) is 12.6. The highest BCUT2D eigenvalue weighted by atomic mass is 35.5. The Bertz CT molecular complexity index is 403. The fourth-order valence-electron chi connectivity index (χ4n) is 3.35. The van der Waals surface area contributed by atoms with E-state index in [4.69, 9.17) is 0 Å². The van der Waals surface area contributed by atoms with E-state index in [9.17, 15) is 8.42 Å². The van der Waals surface area contributed by atoms with E-state index in [2.05, 4.69) is 5.32 Å². The van der Waals surface area contributed by atoms with E-state index in [0.29, 0.717) is 11.7 Å². The van der Waals surface area contributed by atoms with Crippen LogP contribution in [0.4, 0.5) is 0 Å². The second-order valence-corrected chi connectivity index (χ2v) is 8.47. The molecule has 3 fully saturated rings. The summed E-state index contributed by atoms with van der Waals surface area (Å²) in [6.45, 7) is 3.64. The third-order valence-electron chi connectivity index (χ3n) is 4.94. The highest BCUT2D eigenvalue weighted by molar-refractivity contribution is 7.89. The SMILES string of the molecule is Cl.O=S(=O)(CCC1CC1)N1CCC2(CCNCC2)C1. The van der Waals surface area contributed by atoms with Gasteiger partial charge in [0.2, 0.25) is 10.0 Å². The molecule has 1 N–H and O–H groups in total. The molecule has 0 aromatic heterocycles. The van der Waals surface area contributed by atoms with Crippen molar-refractivity contribution in [3.8, 4) is 0 Å². The van der Waals surface area contributed by atoms with E-state index in [1.807, 2.05) is 0 Å². The van der Waals surface area contributed by atoms with Crippen LogP contribution in [-0.4, -0.2) is 44.7 Å². The Morgan fingerprint density at radius 3 is 2.47 bits per heavy atom. The molecule has 1 spiro atoms. The minimum atomic E-state index is -2.98. The summed E-state index contributed by atoms with van der Waals surface area (Å²) in [6, 6.07) is 0. The van der Waals surface area contributed by atoms with Crippen LogP contribution >= 0.6 is 12.4 Å². The summed E-state index contributed by atoms with van der Waals surface area (Å²) in [5.41, 5.74) is 0.290. The largest absolute Gasteiger partial charge is 0.317 e. The smallest absolute Gasteiger partial charge is 0.214 e. The minimum Gasteiger partial charge on any atom is -0.317 e. The Hall–Kier alpha value is 0.160. The van der Waals surface area contributed by atoms with Crippen molar-refractivity contribution in [3.05, 3.63) is 0 Å². The molecule has 0 radical (unpaired) electrons. The maximum absolute atomic E-state index is 12.3. The predicted molar refractivity (Wildman–Crippen MR) is 79.1 cm³/mol. The molecule has 1 aliphatic carbocycles. The lowest BCUT2D eigenvalue weighted by molar-refractivity contribution is 0.218. The zero-order valence-electron chi connectivity index (χ0n) is 11.4. The Morgan fingerprint density at radius 2 is 1.84 bits per heavy atom. The van der Waals surface area contributed by atoms with Crippen molar-refractivity contribution >= 4 is 22.4 Å². The Labute approximate surface area is 122 Å². The lowest BCUT2D eigenvalue weighted by Gasteiger charge is -2.33. The number of halogens is 1. The molecule has 0 unspecified atom stereocenters. The first-order valence-electron chi connectivity index (χ1n) is 7.28. The molecule has 0 aromatic carbocycles. The highest BCUT2D eigenvalue weighted by Crippen LogP contribution is 2.40. The van der Waals surface area contributed by atoms with Crippen molar-refractivity contribution in [1.82, 2.24) is 9.62 Å². The van der Waals surface area contributed by atoms with Crippen LogP contribution in [-0.2, 0) is 10.0 Å². The molecule has 112 valence electrons. The lowest BCUT2D eigenvalue weighted by atomic mass is 9.78. The van der Waals surface area contributed by atoms with Gasteiger partial charge in [0, 0.05) is 13.1 Å². The summed E-state index contributed by atoms with van der Waals surface area (Å²) < 4.78 is 26.4. The quantitative estimate of drug-likeness (QED) is 0.858. The molecular weight excluding hydrogens is 284 g/mol. The standard InChI is InChI=1S/C13H24N2O2S.ClH/c16-18(17,10-3-12-1-2-12)15-9-6-13(11-15)4-7-14-8-5-13;/h12,14H,1-11H2;1H. The van der Waals surface area contributed by atoms with Crippen LogP contribution in [0.15, 0.2) is 0 Å². The maximum atomic E-state index is 12.3. The Kier molecular flexibility index (Phi) is 4.81. The second-order valence-electron chi connectivity index (χ2n) is 6.38. The van der Waals surface area contributed by atoms with Crippen LogP contribution in [0.2, 0.25) is 0 Å². The molecule has 2 heterocycles. The molecule has 2 saturated heterocycles. The van der Waals surface area contributed by atoms with Gasteiger partial charge in [-0.1, -0.05) is 12.8 Å². The minimum absolute atomic E-state index is 0. The van der Waals surface area contributed by atoms with Gasteiger partial charge in [-0.3, -0.25) is 0 Å². The number of rotatable bonds is 4. The highest BCUT2D eigenvalue weighted by Gasteiger charge is 2.42. The van der Waals surface area contributed by atoms with Gasteiger partial charge in [0.25, 0.3) is 0 Å². The van der Waals surface area contributed by atoms with Crippen molar-refractivity contribution in [3.63, 3.8) is 0 Å². The number of nitrogens with one attached hydrogen (secondary N) is 1. The lowest BCUT2D eigenvalue weighted by Crippen LogP contribution is -2.40. The summed E-state index contributed by atoms with van der Waals surface area (Å²) >= 11 is 0. The summed E-state index contributed by atoms with van der Waals surface area (Å²) in [4.78, 5) is 0. The van der Waals surface area contributed by atoms with Gasteiger partial charge < -0.3 is 5.32 Å². The monoisotopic (exact) mass is 308 g/mol. The van der Waals surface area contributed by atoms with Crippen molar-refractivity contribution in [2.45, 2.75) is 38.5 Å². The Balaban J connectivity index is 0.00000133. The second kappa shape index (κ2) is 5.88. The first-order valence-corrected chi connectivity index (χ1v) is 8.89. The first kappa shape index (κ1) is 15.5. The van der Waals surface area contributed by atoms with Gasteiger partial charge in [0.15, 0.2) is 0 Å². The van der Waals surface area contributed by atoms with Gasteiger partial charge in [-0.15, -0.1) is 12.4 Å². The molecule has 3 aliphatic rings. The summed E-state index contributed by atoms with van der Waals surface area (Å²) in [5, 5.41) is 3.37.